The van der Waals surface area contributed by atoms with E-state index in [0.717, 1.165) is 4.47 Å². The fourth-order valence-corrected chi connectivity index (χ4v) is 4.35. The lowest BCUT2D eigenvalue weighted by atomic mass is 10.2. The summed E-state index contributed by atoms with van der Waals surface area (Å²) >= 11 is 9.23. The van der Waals surface area contributed by atoms with Crippen LogP contribution in [0.5, 0.6) is 0 Å². The number of amides is 1. The quantitative estimate of drug-likeness (QED) is 0.491. The molecule has 5 nitrogen and oxygen atoms in total. The highest BCUT2D eigenvalue weighted by Gasteiger charge is 2.23. The normalized spacial score (nSPS) is 11.2. The summed E-state index contributed by atoms with van der Waals surface area (Å²) in [6.07, 6.45) is 0. The van der Waals surface area contributed by atoms with Gasteiger partial charge in [0, 0.05) is 34.8 Å². The van der Waals surface area contributed by atoms with Crippen LogP contribution in [0, 0.1) is 0 Å². The Kier molecular flexibility index (Phi) is 6.31. The van der Waals surface area contributed by atoms with E-state index < -0.39 is 10.0 Å². The first-order valence-corrected chi connectivity index (χ1v) is 11.2. The highest BCUT2D eigenvalue weighted by Crippen LogP contribution is 2.25. The van der Waals surface area contributed by atoms with Gasteiger partial charge in [-0.1, -0.05) is 33.6 Å². The van der Waals surface area contributed by atoms with Crippen LogP contribution in [-0.4, -0.2) is 28.4 Å². The molecule has 3 aromatic rings. The van der Waals surface area contributed by atoms with E-state index in [2.05, 4.69) is 15.9 Å². The Bertz CT molecular complexity index is 1130. The van der Waals surface area contributed by atoms with Crippen molar-refractivity contribution >= 4 is 54.8 Å². The second-order valence-electron chi connectivity index (χ2n) is 6.32. The molecule has 1 amide bonds. The van der Waals surface area contributed by atoms with Crippen molar-refractivity contribution < 1.29 is 13.2 Å². The monoisotopic (exact) mass is 492 g/mol. The van der Waals surface area contributed by atoms with E-state index in [4.69, 9.17) is 11.6 Å². The Morgan fingerprint density at radius 3 is 2.10 bits per heavy atom. The first-order valence-electron chi connectivity index (χ1n) is 8.58. The van der Waals surface area contributed by atoms with Gasteiger partial charge in [0.05, 0.1) is 10.6 Å². The standard InChI is InChI=1S/C21H18BrClN2O3S/c1-24(18-12-8-17(23)9-13-18)21(26)15-4-3-5-20(14-15)29(27,28)25(2)19-10-6-16(22)7-11-19/h3-14H,1-2H3. The molecule has 0 saturated carbocycles. The molecule has 0 aliphatic rings. The van der Waals surface area contributed by atoms with Gasteiger partial charge in [-0.15, -0.1) is 0 Å². The van der Waals surface area contributed by atoms with Gasteiger partial charge in [-0.25, -0.2) is 8.42 Å². The molecule has 0 atom stereocenters. The Morgan fingerprint density at radius 2 is 1.48 bits per heavy atom. The van der Waals surface area contributed by atoms with Gasteiger partial charge in [-0.3, -0.25) is 9.10 Å². The zero-order valence-electron chi connectivity index (χ0n) is 15.7. The Labute approximate surface area is 183 Å². The van der Waals surface area contributed by atoms with Gasteiger partial charge >= 0.3 is 0 Å². The van der Waals surface area contributed by atoms with Gasteiger partial charge in [-0.2, -0.15) is 0 Å². The third-order valence-corrected chi connectivity index (χ3v) is 7.01. The predicted octanol–water partition coefficient (Wildman–Crippen LogP) is 5.20. The van der Waals surface area contributed by atoms with Crippen LogP contribution < -0.4 is 9.21 Å². The lowest BCUT2D eigenvalue weighted by Crippen LogP contribution is -2.28. The summed E-state index contributed by atoms with van der Waals surface area (Å²) in [5.41, 5.74) is 1.44. The van der Waals surface area contributed by atoms with Gasteiger partial charge < -0.3 is 4.90 Å². The number of benzene rings is 3. The number of hydrogen-bond donors (Lipinski definition) is 0. The Balaban J connectivity index is 1.90. The lowest BCUT2D eigenvalue weighted by Gasteiger charge is -2.21. The summed E-state index contributed by atoms with van der Waals surface area (Å²) in [4.78, 5) is 14.4. The minimum Gasteiger partial charge on any atom is -0.311 e. The molecule has 0 aromatic heterocycles. The van der Waals surface area contributed by atoms with E-state index >= 15 is 0 Å². The molecule has 3 rings (SSSR count). The van der Waals surface area contributed by atoms with Crippen molar-refractivity contribution in [3.05, 3.63) is 87.9 Å². The number of halogens is 2. The molecule has 0 spiro atoms. The molecule has 0 radical (unpaired) electrons. The topological polar surface area (TPSA) is 57.7 Å². The van der Waals surface area contributed by atoms with E-state index in [0.29, 0.717) is 16.4 Å². The fraction of sp³-hybridized carbons (Fsp3) is 0.0952. The minimum absolute atomic E-state index is 0.0401. The average Bonchev–Trinajstić information content (AvgIpc) is 2.73. The number of sulfonamides is 1. The molecule has 0 heterocycles. The number of rotatable bonds is 5. The van der Waals surface area contributed by atoms with Crippen molar-refractivity contribution in [1.82, 2.24) is 0 Å². The molecule has 150 valence electrons. The van der Waals surface area contributed by atoms with Crippen molar-refractivity contribution in [2.75, 3.05) is 23.3 Å². The Morgan fingerprint density at radius 1 is 0.897 bits per heavy atom. The first kappa shape index (κ1) is 21.4. The molecule has 0 saturated heterocycles. The number of hydrogen-bond acceptors (Lipinski definition) is 3. The molecule has 0 fully saturated rings. The van der Waals surface area contributed by atoms with E-state index in [1.54, 1.807) is 67.7 Å². The summed E-state index contributed by atoms with van der Waals surface area (Å²) in [6.45, 7) is 0. The van der Waals surface area contributed by atoms with Crippen LogP contribution in [0.4, 0.5) is 11.4 Å². The number of carbonyl (C=O) groups is 1. The maximum absolute atomic E-state index is 13.0. The van der Waals surface area contributed by atoms with Gasteiger partial charge in [-0.05, 0) is 66.7 Å². The number of nitrogens with zero attached hydrogens (tertiary/aromatic N) is 2. The molecule has 3 aromatic carbocycles. The van der Waals surface area contributed by atoms with Crippen LogP contribution in [0.1, 0.15) is 10.4 Å². The summed E-state index contributed by atoms with van der Waals surface area (Å²) in [5, 5.41) is 0.568. The highest BCUT2D eigenvalue weighted by molar-refractivity contribution is 9.10. The Hall–Kier alpha value is -2.35. The van der Waals surface area contributed by atoms with Crippen molar-refractivity contribution in [3.8, 4) is 0 Å². The van der Waals surface area contributed by atoms with E-state index in [1.807, 2.05) is 0 Å². The summed E-state index contributed by atoms with van der Waals surface area (Å²) in [5.74, 6) is -0.323. The highest BCUT2D eigenvalue weighted by atomic mass is 79.9. The maximum Gasteiger partial charge on any atom is 0.264 e. The number of anilines is 2. The second kappa shape index (κ2) is 8.57. The van der Waals surface area contributed by atoms with Crippen LogP contribution in [0.2, 0.25) is 5.02 Å². The second-order valence-corrected chi connectivity index (χ2v) is 9.64. The lowest BCUT2D eigenvalue weighted by molar-refractivity contribution is 0.0993. The third-order valence-electron chi connectivity index (χ3n) is 4.45. The predicted molar refractivity (Wildman–Crippen MR) is 120 cm³/mol. The zero-order chi connectivity index (χ0) is 21.2. The van der Waals surface area contributed by atoms with Gasteiger partial charge in [0.25, 0.3) is 15.9 Å². The molecular weight excluding hydrogens is 476 g/mol. The zero-order valence-corrected chi connectivity index (χ0v) is 18.9. The molecule has 0 N–H and O–H groups in total. The summed E-state index contributed by atoms with van der Waals surface area (Å²) < 4.78 is 28.1. The number of carbonyl (C=O) groups excluding carboxylic acids is 1. The van der Waals surface area contributed by atoms with Crippen LogP contribution in [0.15, 0.2) is 82.2 Å². The van der Waals surface area contributed by atoms with E-state index in [1.165, 1.54) is 28.4 Å². The third kappa shape index (κ3) is 4.63. The largest absolute Gasteiger partial charge is 0.311 e. The molecular formula is C21H18BrClN2O3S. The van der Waals surface area contributed by atoms with Gasteiger partial charge in [0.15, 0.2) is 0 Å². The van der Waals surface area contributed by atoms with Crippen LogP contribution >= 0.6 is 27.5 Å². The minimum atomic E-state index is -3.83. The molecule has 8 heteroatoms. The molecule has 0 unspecified atom stereocenters. The maximum atomic E-state index is 13.0. The van der Waals surface area contributed by atoms with Crippen molar-refractivity contribution in [2.24, 2.45) is 0 Å². The smallest absolute Gasteiger partial charge is 0.264 e. The molecule has 0 bridgehead atoms. The van der Waals surface area contributed by atoms with Crippen LogP contribution in [-0.2, 0) is 10.0 Å². The summed E-state index contributed by atoms with van der Waals surface area (Å²) in [7, 11) is -0.722. The SMILES string of the molecule is CN(C(=O)c1cccc(S(=O)(=O)N(C)c2ccc(Br)cc2)c1)c1ccc(Cl)cc1. The van der Waals surface area contributed by atoms with Crippen molar-refractivity contribution in [1.29, 1.82) is 0 Å². The van der Waals surface area contributed by atoms with Crippen molar-refractivity contribution in [2.45, 2.75) is 4.90 Å². The van der Waals surface area contributed by atoms with Gasteiger partial charge in [0.1, 0.15) is 0 Å². The fourth-order valence-electron chi connectivity index (χ4n) is 2.71. The van der Waals surface area contributed by atoms with Crippen LogP contribution in [0.25, 0.3) is 0 Å². The van der Waals surface area contributed by atoms with Gasteiger partial charge in [0.2, 0.25) is 0 Å². The van der Waals surface area contributed by atoms with Crippen molar-refractivity contribution in [3.63, 3.8) is 0 Å². The van der Waals surface area contributed by atoms with E-state index in [9.17, 15) is 13.2 Å². The average molecular weight is 494 g/mol. The molecule has 0 aliphatic carbocycles. The molecule has 0 aliphatic heterocycles. The van der Waals surface area contributed by atoms with Crippen LogP contribution in [0.3, 0.4) is 0 Å². The first-order chi connectivity index (χ1) is 13.7. The molecule has 29 heavy (non-hydrogen) atoms. The summed E-state index contributed by atoms with van der Waals surface area (Å²) in [6, 6.07) is 19.8. The van der Waals surface area contributed by atoms with E-state index in [-0.39, 0.29) is 16.4 Å².